The predicted molar refractivity (Wildman–Crippen MR) is 177 cm³/mol. The molecule has 26 heteroatoms. The Morgan fingerprint density at radius 1 is 0.483 bits per heavy atom. The molecule has 0 aromatic rings. The third-order valence-electron chi connectivity index (χ3n) is 10.7. The van der Waals surface area contributed by atoms with E-state index in [1.807, 2.05) is 0 Å². The van der Waals surface area contributed by atoms with Gasteiger partial charge in [-0.05, 0) is 6.92 Å². The molecular formula is C32H55NO25. The topological polar surface area (TPSA) is 416 Å². The molecule has 0 aliphatic carbocycles. The normalized spacial score (nSPS) is 51.6. The van der Waals surface area contributed by atoms with Crippen LogP contribution in [0.1, 0.15) is 13.8 Å². The van der Waals surface area contributed by atoms with Crippen LogP contribution in [0.25, 0.3) is 0 Å². The van der Waals surface area contributed by atoms with Gasteiger partial charge >= 0.3 is 0 Å². The summed E-state index contributed by atoms with van der Waals surface area (Å²) in [6.07, 6.45) is -42.8. The Balaban J connectivity index is 1.32. The zero-order valence-corrected chi connectivity index (χ0v) is 31.1. The number of aliphatic hydroxyl groups is 15. The number of hydrogen-bond acceptors (Lipinski definition) is 25. The summed E-state index contributed by atoms with van der Waals surface area (Å²) < 4.78 is 50.2. The van der Waals surface area contributed by atoms with Gasteiger partial charge in [0.1, 0.15) is 116 Å². The van der Waals surface area contributed by atoms with Gasteiger partial charge in [-0.1, -0.05) is 0 Å². The fourth-order valence-electron chi connectivity index (χ4n) is 7.24. The quantitative estimate of drug-likeness (QED) is 0.0818. The smallest absolute Gasteiger partial charge is 0.217 e. The SMILES string of the molecule is CC(=O)N[C@@H]1[C@@H](O[C@@H]2O[C@H](CO)[C@H](O)[C@H](O)[C@H]2O[C@@H]2O[C@@H](C)[C@@H](O)[C@@H](O[C@H]3O[C@H](CO[C@H]4O[C@H](CO)[C@H](O)[C@H](O)[C@H]4O)[C@H](O)[C@H](O)[C@H]3O)[C@@H]2O)[C@H](O)[C@@H](CO)O[C@H]1O. The molecule has 26 nitrogen and oxygen atoms in total. The molecule has 0 unspecified atom stereocenters. The average molecular weight is 854 g/mol. The summed E-state index contributed by atoms with van der Waals surface area (Å²) in [5.41, 5.74) is 0. The summed E-state index contributed by atoms with van der Waals surface area (Å²) >= 11 is 0. The highest BCUT2D eigenvalue weighted by atomic mass is 16.8. The van der Waals surface area contributed by atoms with Gasteiger partial charge in [-0.3, -0.25) is 4.79 Å². The van der Waals surface area contributed by atoms with Crippen molar-refractivity contribution in [2.45, 2.75) is 167 Å². The van der Waals surface area contributed by atoms with Gasteiger partial charge in [-0.25, -0.2) is 0 Å². The van der Waals surface area contributed by atoms with Crippen LogP contribution >= 0.6 is 0 Å². The Morgan fingerprint density at radius 2 is 0.948 bits per heavy atom. The minimum Gasteiger partial charge on any atom is -0.394 e. The molecule has 338 valence electrons. The molecule has 0 spiro atoms. The van der Waals surface area contributed by atoms with Gasteiger partial charge in [-0.2, -0.15) is 0 Å². The number of hydrogen-bond donors (Lipinski definition) is 16. The number of ether oxygens (including phenoxy) is 9. The van der Waals surface area contributed by atoms with E-state index in [4.69, 9.17) is 42.6 Å². The van der Waals surface area contributed by atoms with E-state index >= 15 is 0 Å². The van der Waals surface area contributed by atoms with E-state index in [9.17, 15) is 81.4 Å². The van der Waals surface area contributed by atoms with Crippen molar-refractivity contribution in [1.82, 2.24) is 5.32 Å². The van der Waals surface area contributed by atoms with E-state index in [2.05, 4.69) is 5.32 Å². The molecule has 25 atom stereocenters. The van der Waals surface area contributed by atoms with E-state index in [0.29, 0.717) is 0 Å². The maximum absolute atomic E-state index is 12.0. The van der Waals surface area contributed by atoms with Crippen molar-refractivity contribution in [1.29, 1.82) is 0 Å². The van der Waals surface area contributed by atoms with Crippen LogP contribution in [0, 0.1) is 0 Å². The maximum atomic E-state index is 12.0. The number of carbonyl (C=O) groups is 1. The van der Waals surface area contributed by atoms with Crippen LogP contribution in [0.5, 0.6) is 0 Å². The molecule has 0 saturated carbocycles. The van der Waals surface area contributed by atoms with Gasteiger partial charge in [-0.15, -0.1) is 0 Å². The van der Waals surface area contributed by atoms with Crippen LogP contribution in [0.4, 0.5) is 0 Å². The van der Waals surface area contributed by atoms with Crippen molar-refractivity contribution in [3.05, 3.63) is 0 Å². The molecule has 0 bridgehead atoms. The predicted octanol–water partition coefficient (Wildman–Crippen LogP) is -10.8. The number of rotatable bonds is 13. The van der Waals surface area contributed by atoms with Crippen molar-refractivity contribution >= 4 is 5.91 Å². The Kier molecular flexibility index (Phi) is 16.5. The van der Waals surface area contributed by atoms with Gasteiger partial charge in [0.05, 0.1) is 32.5 Å². The first-order valence-electron chi connectivity index (χ1n) is 18.5. The Morgan fingerprint density at radius 3 is 1.53 bits per heavy atom. The van der Waals surface area contributed by atoms with Gasteiger partial charge in [0.2, 0.25) is 5.91 Å². The average Bonchev–Trinajstić information content (AvgIpc) is 3.19. The second-order valence-corrected chi connectivity index (χ2v) is 14.7. The van der Waals surface area contributed by atoms with Gasteiger partial charge in [0.25, 0.3) is 0 Å². The molecule has 0 radical (unpaired) electrons. The van der Waals surface area contributed by atoms with E-state index in [1.165, 1.54) is 6.92 Å². The van der Waals surface area contributed by atoms with Crippen LogP contribution in [-0.2, 0) is 47.4 Å². The van der Waals surface area contributed by atoms with E-state index in [-0.39, 0.29) is 0 Å². The molecule has 0 aromatic heterocycles. The summed E-state index contributed by atoms with van der Waals surface area (Å²) in [5.74, 6) is -0.712. The molecule has 16 N–H and O–H groups in total. The van der Waals surface area contributed by atoms with Crippen LogP contribution in [0.15, 0.2) is 0 Å². The maximum Gasteiger partial charge on any atom is 0.217 e. The summed E-state index contributed by atoms with van der Waals surface area (Å²) in [4.78, 5) is 12.0. The lowest BCUT2D eigenvalue weighted by Gasteiger charge is -2.49. The standard InChI is InChI=1S/C32H55NO25/c1-7-14(38)26(57-30-23(47)20(44)17(41)12(55-30)6-50-29-22(46)19(43)15(39)9(3-34)53-29)24(48)31(51-7)58-27-21(45)16(40)10(4-35)54-32(27)56-25-13(33-8(2)37)28(49)52-11(5-36)18(25)42/h7,9-32,34-36,38-49H,3-6H2,1-2H3,(H,33,37)/t7-,9+,10+,11+,12+,13+,14+,15-,16-,17-,18+,19-,20-,21-,22+,23+,24-,25+,26+,27+,28+,29-,30+,31-,32-/m0/s1. The van der Waals surface area contributed by atoms with Crippen molar-refractivity contribution in [3.63, 3.8) is 0 Å². The highest BCUT2D eigenvalue weighted by Gasteiger charge is 2.56. The number of carbonyl (C=O) groups excluding carboxylic acids is 1. The Bertz CT molecular complexity index is 1310. The van der Waals surface area contributed by atoms with Crippen molar-refractivity contribution < 1.29 is 124 Å². The van der Waals surface area contributed by atoms with Gasteiger partial charge in [0.15, 0.2) is 31.5 Å². The lowest BCUT2D eigenvalue weighted by molar-refractivity contribution is -0.392. The lowest BCUT2D eigenvalue weighted by atomic mass is 9.95. The van der Waals surface area contributed by atoms with Crippen LogP contribution < -0.4 is 5.32 Å². The molecule has 1 amide bonds. The monoisotopic (exact) mass is 853 g/mol. The summed E-state index contributed by atoms with van der Waals surface area (Å²) in [6, 6.07) is -1.53. The van der Waals surface area contributed by atoms with Crippen molar-refractivity contribution in [3.8, 4) is 0 Å². The first-order chi connectivity index (χ1) is 27.3. The molecule has 0 aromatic carbocycles. The lowest BCUT2D eigenvalue weighted by Crippen LogP contribution is -2.69. The highest BCUT2D eigenvalue weighted by molar-refractivity contribution is 5.73. The molecule has 5 rings (SSSR count). The zero-order chi connectivity index (χ0) is 42.9. The van der Waals surface area contributed by atoms with Crippen LogP contribution in [0.3, 0.4) is 0 Å². The molecule has 5 aliphatic heterocycles. The fourth-order valence-corrected chi connectivity index (χ4v) is 7.24. The second kappa shape index (κ2) is 20.1. The van der Waals surface area contributed by atoms with Crippen LogP contribution in [-0.4, -0.2) is 262 Å². The Hall–Kier alpha value is -1.49. The Labute approximate surface area is 329 Å². The number of amides is 1. The van der Waals surface area contributed by atoms with Gasteiger partial charge in [0, 0.05) is 6.92 Å². The van der Waals surface area contributed by atoms with E-state index in [0.717, 1.165) is 6.92 Å². The number of aliphatic hydroxyl groups excluding tert-OH is 15. The molecule has 58 heavy (non-hydrogen) atoms. The summed E-state index contributed by atoms with van der Waals surface area (Å²) in [6.45, 7) is -0.853. The van der Waals surface area contributed by atoms with E-state index < -0.39 is 186 Å². The molecular weight excluding hydrogens is 798 g/mol. The van der Waals surface area contributed by atoms with E-state index in [1.54, 1.807) is 0 Å². The molecule has 5 fully saturated rings. The summed E-state index contributed by atoms with van der Waals surface area (Å²) in [7, 11) is 0. The fraction of sp³-hybridized carbons (Fsp3) is 0.969. The van der Waals surface area contributed by atoms with Crippen molar-refractivity contribution in [2.75, 3.05) is 26.4 Å². The highest BCUT2D eigenvalue weighted by Crippen LogP contribution is 2.35. The largest absolute Gasteiger partial charge is 0.394 e. The summed E-state index contributed by atoms with van der Waals surface area (Å²) in [5, 5.41) is 160. The first-order valence-corrected chi connectivity index (χ1v) is 18.5. The third kappa shape index (κ3) is 9.91. The van der Waals surface area contributed by atoms with Gasteiger partial charge < -0.3 is 125 Å². The third-order valence-corrected chi connectivity index (χ3v) is 10.7. The van der Waals surface area contributed by atoms with Crippen LogP contribution in [0.2, 0.25) is 0 Å². The zero-order valence-electron chi connectivity index (χ0n) is 31.1. The minimum atomic E-state index is -2.09. The molecule has 5 aliphatic rings. The van der Waals surface area contributed by atoms with Crippen molar-refractivity contribution in [2.24, 2.45) is 0 Å². The molecule has 5 heterocycles. The minimum absolute atomic E-state index is 0.712. The first kappa shape index (κ1) is 47.6. The molecule has 5 saturated heterocycles. The number of nitrogens with one attached hydrogen (secondary N) is 1. The second-order valence-electron chi connectivity index (χ2n) is 14.7.